The number of hydrogen-bond acceptors (Lipinski definition) is 6. The highest BCUT2D eigenvalue weighted by Gasteiger charge is 2.29. The maximum Gasteiger partial charge on any atom is 0.326 e. The smallest absolute Gasteiger partial charge is 0.326 e. The molecule has 162 valence electrons. The number of aliphatic hydroxyl groups excluding tert-OH is 1. The van der Waals surface area contributed by atoms with Crippen molar-refractivity contribution in [2.45, 2.75) is 71.6 Å². The number of rotatable bonds is 12. The largest absolute Gasteiger partial charge is 0.480 e. The van der Waals surface area contributed by atoms with Gasteiger partial charge >= 0.3 is 5.97 Å². The van der Waals surface area contributed by atoms with Crippen molar-refractivity contribution < 1.29 is 29.4 Å². The average Bonchev–Trinajstić information content (AvgIpc) is 2.62. The molecule has 0 saturated heterocycles. The molecule has 0 aliphatic rings. The number of carbonyl (C=O) groups is 4. The second-order valence-electron chi connectivity index (χ2n) is 7.41. The summed E-state index contributed by atoms with van der Waals surface area (Å²) in [5.41, 5.74) is 5.80. The summed E-state index contributed by atoms with van der Waals surface area (Å²) >= 11 is 0. The van der Waals surface area contributed by atoms with Gasteiger partial charge in [-0.05, 0) is 25.2 Å². The van der Waals surface area contributed by atoms with Gasteiger partial charge in [0.05, 0.1) is 12.6 Å². The third-order valence-electron chi connectivity index (χ3n) is 4.45. The van der Waals surface area contributed by atoms with Crippen LogP contribution in [0.5, 0.6) is 0 Å². The molecule has 0 aromatic heterocycles. The van der Waals surface area contributed by atoms with Crippen LogP contribution in [-0.2, 0) is 19.2 Å². The topological polar surface area (TPSA) is 171 Å². The van der Waals surface area contributed by atoms with E-state index < -0.39 is 54.5 Å². The quantitative estimate of drug-likeness (QED) is 0.242. The van der Waals surface area contributed by atoms with E-state index in [9.17, 15) is 29.4 Å². The fourth-order valence-electron chi connectivity index (χ4n) is 2.34. The molecule has 0 aliphatic carbocycles. The molecule has 0 saturated carbocycles. The highest BCUT2D eigenvalue weighted by atomic mass is 16.4. The standard InChI is InChI=1S/C18H34N4O6/c1-6-10(4)14(19)17(26)22-13(8-23)16(25)20-11(5)15(24)21-12(18(27)28)7-9(2)3/h9-14,23H,6-8,19H2,1-5H3,(H,20,25)(H,21,24)(H,22,26)(H,27,28). The Morgan fingerprint density at radius 3 is 1.86 bits per heavy atom. The first-order chi connectivity index (χ1) is 12.9. The third kappa shape index (κ3) is 8.66. The first-order valence-electron chi connectivity index (χ1n) is 9.44. The molecule has 28 heavy (non-hydrogen) atoms. The van der Waals surface area contributed by atoms with Crippen molar-refractivity contribution in [3.8, 4) is 0 Å². The molecule has 0 aromatic rings. The Balaban J connectivity index is 4.84. The highest BCUT2D eigenvalue weighted by Crippen LogP contribution is 2.06. The van der Waals surface area contributed by atoms with Crippen LogP contribution in [0.2, 0.25) is 0 Å². The molecule has 0 bridgehead atoms. The Bertz CT molecular complexity index is 554. The summed E-state index contributed by atoms with van der Waals surface area (Å²) in [5, 5.41) is 25.7. The second kappa shape index (κ2) is 12.3. The minimum absolute atomic E-state index is 0.0509. The minimum Gasteiger partial charge on any atom is -0.480 e. The summed E-state index contributed by atoms with van der Waals surface area (Å²) in [6.07, 6.45) is 0.910. The van der Waals surface area contributed by atoms with Crippen molar-refractivity contribution >= 4 is 23.7 Å². The number of carbonyl (C=O) groups excluding carboxylic acids is 3. The van der Waals surface area contributed by atoms with Gasteiger partial charge in [-0.15, -0.1) is 0 Å². The van der Waals surface area contributed by atoms with Gasteiger partial charge in [-0.3, -0.25) is 14.4 Å². The predicted octanol–water partition coefficient (Wildman–Crippen LogP) is -1.04. The van der Waals surface area contributed by atoms with Gasteiger partial charge in [0, 0.05) is 0 Å². The Hall–Kier alpha value is -2.20. The van der Waals surface area contributed by atoms with Crippen LogP contribution in [0.4, 0.5) is 0 Å². The van der Waals surface area contributed by atoms with Crippen molar-refractivity contribution in [2.75, 3.05) is 6.61 Å². The van der Waals surface area contributed by atoms with Crippen LogP contribution in [0.3, 0.4) is 0 Å². The van der Waals surface area contributed by atoms with E-state index in [2.05, 4.69) is 16.0 Å². The molecule has 0 radical (unpaired) electrons. The Labute approximate surface area is 165 Å². The van der Waals surface area contributed by atoms with E-state index in [-0.39, 0.29) is 18.3 Å². The van der Waals surface area contributed by atoms with Crippen LogP contribution >= 0.6 is 0 Å². The number of carboxylic acids is 1. The molecule has 0 rings (SSSR count). The maximum absolute atomic E-state index is 12.3. The normalized spacial score (nSPS) is 16.4. The van der Waals surface area contributed by atoms with Crippen molar-refractivity contribution in [2.24, 2.45) is 17.6 Å². The molecule has 10 heteroatoms. The molecular weight excluding hydrogens is 368 g/mol. The molecule has 0 fully saturated rings. The van der Waals surface area contributed by atoms with Gasteiger partial charge < -0.3 is 31.9 Å². The zero-order chi connectivity index (χ0) is 22.0. The van der Waals surface area contributed by atoms with Gasteiger partial charge in [-0.2, -0.15) is 0 Å². The molecule has 0 heterocycles. The zero-order valence-electron chi connectivity index (χ0n) is 17.2. The lowest BCUT2D eigenvalue weighted by molar-refractivity contribution is -0.142. The van der Waals surface area contributed by atoms with Crippen molar-refractivity contribution in [1.29, 1.82) is 0 Å². The van der Waals surface area contributed by atoms with Crippen molar-refractivity contribution in [1.82, 2.24) is 16.0 Å². The first kappa shape index (κ1) is 25.8. The summed E-state index contributed by atoms with van der Waals surface area (Å²) in [7, 11) is 0. The maximum atomic E-state index is 12.3. The number of amides is 3. The van der Waals surface area contributed by atoms with Crippen LogP contribution in [0, 0.1) is 11.8 Å². The van der Waals surface area contributed by atoms with E-state index >= 15 is 0 Å². The number of aliphatic carboxylic acids is 1. The summed E-state index contributed by atoms with van der Waals surface area (Å²) in [6.45, 7) is 8.02. The number of nitrogens with one attached hydrogen (secondary N) is 3. The van der Waals surface area contributed by atoms with Crippen LogP contribution in [0.25, 0.3) is 0 Å². The number of nitrogens with two attached hydrogens (primary N) is 1. The van der Waals surface area contributed by atoms with E-state index in [1.165, 1.54) is 6.92 Å². The fraction of sp³-hybridized carbons (Fsp3) is 0.778. The van der Waals surface area contributed by atoms with E-state index in [1.54, 1.807) is 6.92 Å². The monoisotopic (exact) mass is 402 g/mol. The Morgan fingerprint density at radius 1 is 0.893 bits per heavy atom. The molecule has 0 aromatic carbocycles. The van der Waals surface area contributed by atoms with Gasteiger partial charge in [0.2, 0.25) is 17.7 Å². The van der Waals surface area contributed by atoms with Crippen LogP contribution in [0.1, 0.15) is 47.5 Å². The SMILES string of the molecule is CCC(C)C(N)C(=O)NC(CO)C(=O)NC(C)C(=O)NC(CC(C)C)C(=O)O. The number of aliphatic hydroxyl groups is 1. The van der Waals surface area contributed by atoms with E-state index in [0.29, 0.717) is 6.42 Å². The molecule has 5 unspecified atom stereocenters. The van der Waals surface area contributed by atoms with Crippen molar-refractivity contribution in [3.63, 3.8) is 0 Å². The molecule has 3 amide bonds. The fourth-order valence-corrected chi connectivity index (χ4v) is 2.34. The van der Waals surface area contributed by atoms with Crippen molar-refractivity contribution in [3.05, 3.63) is 0 Å². The lowest BCUT2D eigenvalue weighted by atomic mass is 9.99. The van der Waals surface area contributed by atoms with Crippen LogP contribution in [-0.4, -0.2) is 64.7 Å². The van der Waals surface area contributed by atoms with E-state index in [1.807, 2.05) is 20.8 Å². The second-order valence-corrected chi connectivity index (χ2v) is 7.41. The Kier molecular flexibility index (Phi) is 11.3. The van der Waals surface area contributed by atoms with Gasteiger partial charge in [0.15, 0.2) is 0 Å². The number of carboxylic acid groups (broad SMARTS) is 1. The predicted molar refractivity (Wildman–Crippen MR) is 103 cm³/mol. The van der Waals surface area contributed by atoms with E-state index in [4.69, 9.17) is 5.73 Å². The molecule has 5 atom stereocenters. The summed E-state index contributed by atoms with van der Waals surface area (Å²) in [4.78, 5) is 47.8. The Morgan fingerprint density at radius 2 is 1.43 bits per heavy atom. The third-order valence-corrected chi connectivity index (χ3v) is 4.45. The lowest BCUT2D eigenvalue weighted by Gasteiger charge is -2.24. The minimum atomic E-state index is -1.27. The molecule has 10 nitrogen and oxygen atoms in total. The number of hydrogen-bond donors (Lipinski definition) is 6. The van der Waals surface area contributed by atoms with Gasteiger partial charge in [-0.25, -0.2) is 4.79 Å². The van der Waals surface area contributed by atoms with Gasteiger partial charge in [-0.1, -0.05) is 34.1 Å². The molecule has 7 N–H and O–H groups in total. The summed E-state index contributed by atoms with van der Waals surface area (Å²) in [5.74, 6) is -3.26. The first-order valence-corrected chi connectivity index (χ1v) is 9.44. The van der Waals surface area contributed by atoms with Crippen LogP contribution < -0.4 is 21.7 Å². The zero-order valence-corrected chi connectivity index (χ0v) is 17.2. The van der Waals surface area contributed by atoms with Gasteiger partial charge in [0.1, 0.15) is 18.1 Å². The highest BCUT2D eigenvalue weighted by molar-refractivity contribution is 5.94. The lowest BCUT2D eigenvalue weighted by Crippen LogP contribution is -2.58. The molecule has 0 spiro atoms. The summed E-state index contributed by atoms with van der Waals surface area (Å²) < 4.78 is 0. The van der Waals surface area contributed by atoms with E-state index in [0.717, 1.165) is 0 Å². The molecular formula is C18H34N4O6. The summed E-state index contributed by atoms with van der Waals surface area (Å²) in [6, 6.07) is -4.24. The average molecular weight is 402 g/mol. The van der Waals surface area contributed by atoms with Gasteiger partial charge in [0.25, 0.3) is 0 Å². The molecule has 0 aliphatic heterocycles. The van der Waals surface area contributed by atoms with Crippen LogP contribution in [0.15, 0.2) is 0 Å².